The fourth-order valence-corrected chi connectivity index (χ4v) is 2.95. The molecule has 1 aliphatic rings. The molecule has 0 aromatic carbocycles. The first kappa shape index (κ1) is 18.8. The van der Waals surface area contributed by atoms with Gasteiger partial charge in [0.1, 0.15) is 5.01 Å². The highest BCUT2D eigenvalue weighted by atomic mass is 35.5. The van der Waals surface area contributed by atoms with Crippen molar-refractivity contribution in [1.29, 1.82) is 0 Å². The van der Waals surface area contributed by atoms with E-state index in [0.29, 0.717) is 23.9 Å². The van der Waals surface area contributed by atoms with E-state index in [1.165, 1.54) is 18.4 Å². The van der Waals surface area contributed by atoms with Crippen molar-refractivity contribution in [2.75, 3.05) is 25.5 Å². The summed E-state index contributed by atoms with van der Waals surface area (Å²) in [5.41, 5.74) is 0. The van der Waals surface area contributed by atoms with Gasteiger partial charge in [-0.05, 0) is 31.8 Å². The van der Waals surface area contributed by atoms with Crippen LogP contribution in [0.3, 0.4) is 0 Å². The third kappa shape index (κ3) is 6.25. The average molecular weight is 349 g/mol. The normalized spacial score (nSPS) is 16.9. The molecule has 7 nitrogen and oxygen atoms in total. The van der Waals surface area contributed by atoms with Gasteiger partial charge in [-0.2, -0.15) is 0 Å². The second-order valence-corrected chi connectivity index (χ2v) is 6.08. The Bertz CT molecular complexity index is 491. The molecule has 1 aromatic heterocycles. The monoisotopic (exact) mass is 348 g/mol. The van der Waals surface area contributed by atoms with Crippen LogP contribution in [0.15, 0.2) is 0 Å². The molecule has 0 spiro atoms. The Balaban J connectivity index is 0.00000242. The minimum absolute atomic E-state index is 0. The van der Waals surface area contributed by atoms with Gasteiger partial charge in [-0.25, -0.2) is 0 Å². The first-order chi connectivity index (χ1) is 10.2. The number of carbonyl (C=O) groups excluding carboxylic acids is 2. The molecular weight excluding hydrogens is 328 g/mol. The summed E-state index contributed by atoms with van der Waals surface area (Å²) in [6, 6.07) is 0. The molecule has 1 aliphatic heterocycles. The van der Waals surface area contributed by atoms with E-state index in [4.69, 9.17) is 0 Å². The number of rotatable bonds is 7. The standard InChI is InChI=1S/C13H20N4O3S.ClH/c1-20-12(19)5-4-11-16-17-13(21-11)15-10(18)3-2-9-6-7-14-8-9;/h9,14H,2-8H2,1H3,(H,15,17,18);1H. The largest absolute Gasteiger partial charge is 0.469 e. The molecule has 1 saturated heterocycles. The molecule has 22 heavy (non-hydrogen) atoms. The van der Waals surface area contributed by atoms with Crippen LogP contribution in [0.2, 0.25) is 0 Å². The van der Waals surface area contributed by atoms with Gasteiger partial charge in [0.25, 0.3) is 0 Å². The van der Waals surface area contributed by atoms with E-state index in [2.05, 4.69) is 25.6 Å². The summed E-state index contributed by atoms with van der Waals surface area (Å²) in [7, 11) is 1.36. The van der Waals surface area contributed by atoms with Crippen LogP contribution in [0.25, 0.3) is 0 Å². The van der Waals surface area contributed by atoms with E-state index in [9.17, 15) is 9.59 Å². The third-order valence-electron chi connectivity index (χ3n) is 3.43. The first-order valence-electron chi connectivity index (χ1n) is 7.07. The van der Waals surface area contributed by atoms with Crippen LogP contribution in [-0.2, 0) is 20.7 Å². The van der Waals surface area contributed by atoms with E-state index in [-0.39, 0.29) is 30.7 Å². The number of hydrogen-bond donors (Lipinski definition) is 2. The van der Waals surface area contributed by atoms with Gasteiger partial charge in [-0.15, -0.1) is 22.6 Å². The molecule has 0 bridgehead atoms. The fourth-order valence-electron chi connectivity index (χ4n) is 2.19. The minimum atomic E-state index is -0.277. The summed E-state index contributed by atoms with van der Waals surface area (Å²) in [5.74, 6) is 0.291. The summed E-state index contributed by atoms with van der Waals surface area (Å²) in [6.45, 7) is 2.05. The van der Waals surface area contributed by atoms with Gasteiger partial charge in [0.2, 0.25) is 11.0 Å². The zero-order valence-electron chi connectivity index (χ0n) is 12.5. The predicted molar refractivity (Wildman–Crippen MR) is 86.3 cm³/mol. The Morgan fingerprint density at radius 2 is 2.23 bits per heavy atom. The average Bonchev–Trinajstić information content (AvgIpc) is 3.14. The van der Waals surface area contributed by atoms with Gasteiger partial charge in [-0.3, -0.25) is 9.59 Å². The molecule has 0 radical (unpaired) electrons. The van der Waals surface area contributed by atoms with Crippen LogP contribution in [0.4, 0.5) is 5.13 Å². The molecule has 1 atom stereocenters. The summed E-state index contributed by atoms with van der Waals surface area (Å²) in [4.78, 5) is 22.9. The van der Waals surface area contributed by atoms with Gasteiger partial charge in [-0.1, -0.05) is 11.3 Å². The van der Waals surface area contributed by atoms with E-state index >= 15 is 0 Å². The van der Waals surface area contributed by atoms with Crippen molar-refractivity contribution >= 4 is 40.8 Å². The van der Waals surface area contributed by atoms with Crippen molar-refractivity contribution in [2.24, 2.45) is 5.92 Å². The molecule has 2 heterocycles. The van der Waals surface area contributed by atoms with Crippen molar-refractivity contribution in [3.05, 3.63) is 5.01 Å². The number of ether oxygens (including phenoxy) is 1. The van der Waals surface area contributed by atoms with Crippen LogP contribution in [0, 0.1) is 5.92 Å². The molecule has 124 valence electrons. The first-order valence-corrected chi connectivity index (χ1v) is 7.89. The number of nitrogens with zero attached hydrogens (tertiary/aromatic N) is 2. The lowest BCUT2D eigenvalue weighted by Crippen LogP contribution is -2.14. The van der Waals surface area contributed by atoms with Crippen molar-refractivity contribution in [3.8, 4) is 0 Å². The quantitative estimate of drug-likeness (QED) is 0.723. The smallest absolute Gasteiger partial charge is 0.305 e. The third-order valence-corrected chi connectivity index (χ3v) is 4.32. The SMILES string of the molecule is COC(=O)CCc1nnc(NC(=O)CCC2CCNC2)s1.Cl. The number of amides is 1. The van der Waals surface area contributed by atoms with Crippen molar-refractivity contribution in [1.82, 2.24) is 15.5 Å². The minimum Gasteiger partial charge on any atom is -0.469 e. The second kappa shape index (κ2) is 9.70. The number of esters is 1. The maximum Gasteiger partial charge on any atom is 0.305 e. The molecule has 0 saturated carbocycles. The van der Waals surface area contributed by atoms with Crippen molar-refractivity contribution in [2.45, 2.75) is 32.1 Å². The summed E-state index contributed by atoms with van der Waals surface area (Å²) in [6.07, 6.45) is 3.29. The topological polar surface area (TPSA) is 93.2 Å². The van der Waals surface area contributed by atoms with E-state index in [1.807, 2.05) is 0 Å². The van der Waals surface area contributed by atoms with Gasteiger partial charge < -0.3 is 15.4 Å². The number of aromatic nitrogens is 2. The molecule has 1 unspecified atom stereocenters. The van der Waals surface area contributed by atoms with Crippen molar-refractivity contribution in [3.63, 3.8) is 0 Å². The van der Waals surface area contributed by atoms with Crippen LogP contribution < -0.4 is 10.6 Å². The number of aryl methyl sites for hydroxylation is 1. The Kier molecular flexibility index (Phi) is 8.29. The maximum atomic E-state index is 11.8. The Morgan fingerprint density at radius 3 is 2.91 bits per heavy atom. The number of anilines is 1. The van der Waals surface area contributed by atoms with Crippen molar-refractivity contribution < 1.29 is 14.3 Å². The lowest BCUT2D eigenvalue weighted by Gasteiger charge is -2.06. The molecule has 2 N–H and O–H groups in total. The Morgan fingerprint density at radius 1 is 1.41 bits per heavy atom. The Labute approximate surface area is 139 Å². The zero-order valence-corrected chi connectivity index (χ0v) is 14.1. The highest BCUT2D eigenvalue weighted by Crippen LogP contribution is 2.18. The molecular formula is C13H21ClN4O3S. The fraction of sp³-hybridized carbons (Fsp3) is 0.692. The molecule has 1 aromatic rings. The van der Waals surface area contributed by atoms with E-state index in [0.717, 1.165) is 30.9 Å². The number of hydrogen-bond acceptors (Lipinski definition) is 7. The molecule has 1 amide bonds. The lowest BCUT2D eigenvalue weighted by atomic mass is 10.0. The van der Waals surface area contributed by atoms with Gasteiger partial charge >= 0.3 is 5.97 Å². The molecule has 1 fully saturated rings. The van der Waals surface area contributed by atoms with E-state index < -0.39 is 0 Å². The van der Waals surface area contributed by atoms with Crippen LogP contribution >= 0.6 is 23.7 Å². The highest BCUT2D eigenvalue weighted by molar-refractivity contribution is 7.15. The number of methoxy groups -OCH3 is 1. The zero-order chi connectivity index (χ0) is 15.1. The van der Waals surface area contributed by atoms with Gasteiger partial charge in [0.15, 0.2) is 0 Å². The van der Waals surface area contributed by atoms with Crippen LogP contribution in [0.5, 0.6) is 0 Å². The number of nitrogens with one attached hydrogen (secondary N) is 2. The molecule has 2 rings (SSSR count). The van der Waals surface area contributed by atoms with E-state index in [1.54, 1.807) is 0 Å². The molecule has 0 aliphatic carbocycles. The molecule has 9 heteroatoms. The highest BCUT2D eigenvalue weighted by Gasteiger charge is 2.16. The number of halogens is 1. The summed E-state index contributed by atoms with van der Waals surface area (Å²) < 4.78 is 4.57. The lowest BCUT2D eigenvalue weighted by molar-refractivity contribution is -0.140. The predicted octanol–water partition coefficient (Wildman–Crippen LogP) is 1.39. The second-order valence-electron chi connectivity index (χ2n) is 5.02. The number of carbonyl (C=O) groups is 2. The van der Waals surface area contributed by atoms with Crippen LogP contribution in [-0.4, -0.2) is 42.3 Å². The van der Waals surface area contributed by atoms with Gasteiger partial charge in [0.05, 0.1) is 13.5 Å². The van der Waals surface area contributed by atoms with Gasteiger partial charge in [0, 0.05) is 12.8 Å². The Hall–Kier alpha value is -1.25. The summed E-state index contributed by atoms with van der Waals surface area (Å²) >= 11 is 1.30. The maximum absolute atomic E-state index is 11.8. The van der Waals surface area contributed by atoms with Crippen LogP contribution in [0.1, 0.15) is 30.7 Å². The summed E-state index contributed by atoms with van der Waals surface area (Å²) in [5, 5.41) is 15.1.